The molecule has 3 nitrogen and oxygen atoms in total. The lowest BCUT2D eigenvalue weighted by Crippen LogP contribution is -2.56. The predicted molar refractivity (Wildman–Crippen MR) is 59.7 cm³/mol. The Labute approximate surface area is 86.6 Å². The zero-order valence-corrected chi connectivity index (χ0v) is 9.51. The van der Waals surface area contributed by atoms with Crippen LogP contribution < -0.4 is 5.32 Å². The van der Waals surface area contributed by atoms with Crippen LogP contribution in [0.15, 0.2) is 4.99 Å². The van der Waals surface area contributed by atoms with Crippen molar-refractivity contribution in [3.63, 3.8) is 0 Å². The first-order valence-electron chi connectivity index (χ1n) is 5.62. The molecule has 1 spiro atoms. The van der Waals surface area contributed by atoms with Crippen molar-refractivity contribution >= 4 is 5.84 Å². The first kappa shape index (κ1) is 9.97. The fraction of sp³-hybridized carbons (Fsp3) is 0.909. The molecule has 1 fully saturated rings. The first-order chi connectivity index (χ1) is 6.61. The van der Waals surface area contributed by atoms with E-state index < -0.39 is 0 Å². The number of likely N-dealkylation sites (tertiary alicyclic amines) is 1. The smallest absolute Gasteiger partial charge is 0.0995 e. The molecule has 80 valence electrons. The second-order valence-corrected chi connectivity index (χ2v) is 5.10. The molecule has 2 aliphatic rings. The maximum atomic E-state index is 4.63. The van der Waals surface area contributed by atoms with Gasteiger partial charge < -0.3 is 10.2 Å². The van der Waals surface area contributed by atoms with E-state index in [1.165, 1.54) is 25.2 Å². The van der Waals surface area contributed by atoms with E-state index in [1.807, 2.05) is 0 Å². The maximum Gasteiger partial charge on any atom is 0.0995 e. The molecule has 0 amide bonds. The second kappa shape index (κ2) is 3.54. The highest BCUT2D eigenvalue weighted by Crippen LogP contribution is 2.25. The van der Waals surface area contributed by atoms with Crippen molar-refractivity contribution in [3.8, 4) is 0 Å². The van der Waals surface area contributed by atoms with Crippen LogP contribution in [0.4, 0.5) is 0 Å². The van der Waals surface area contributed by atoms with Gasteiger partial charge in [-0.05, 0) is 26.4 Å². The molecular formula is C11H21N3. The summed E-state index contributed by atoms with van der Waals surface area (Å²) >= 11 is 0. The van der Waals surface area contributed by atoms with Crippen LogP contribution in [0, 0.1) is 5.92 Å². The van der Waals surface area contributed by atoms with Crippen LogP contribution in [0.2, 0.25) is 0 Å². The summed E-state index contributed by atoms with van der Waals surface area (Å²) < 4.78 is 0. The summed E-state index contributed by atoms with van der Waals surface area (Å²) in [6.07, 6.45) is 2.57. The van der Waals surface area contributed by atoms with Crippen LogP contribution in [0.25, 0.3) is 0 Å². The topological polar surface area (TPSA) is 27.6 Å². The largest absolute Gasteiger partial charge is 0.365 e. The third-order valence-electron chi connectivity index (χ3n) is 3.26. The van der Waals surface area contributed by atoms with Gasteiger partial charge in [-0.15, -0.1) is 0 Å². The quantitative estimate of drug-likeness (QED) is 0.678. The molecule has 1 atom stereocenters. The van der Waals surface area contributed by atoms with Crippen molar-refractivity contribution in [1.29, 1.82) is 0 Å². The van der Waals surface area contributed by atoms with E-state index in [0.717, 1.165) is 13.1 Å². The van der Waals surface area contributed by atoms with Crippen LogP contribution >= 0.6 is 0 Å². The number of nitrogens with one attached hydrogen (secondary N) is 1. The number of nitrogens with zero attached hydrogens (tertiary/aromatic N) is 2. The molecule has 0 radical (unpaired) electrons. The van der Waals surface area contributed by atoms with Gasteiger partial charge in [-0.1, -0.05) is 13.8 Å². The summed E-state index contributed by atoms with van der Waals surface area (Å²) in [5, 5.41) is 3.64. The van der Waals surface area contributed by atoms with E-state index in [-0.39, 0.29) is 5.54 Å². The van der Waals surface area contributed by atoms with E-state index in [0.29, 0.717) is 5.92 Å². The fourth-order valence-electron chi connectivity index (χ4n) is 2.51. The zero-order chi connectivity index (χ0) is 10.2. The minimum atomic E-state index is 0.270. The van der Waals surface area contributed by atoms with E-state index in [2.05, 4.69) is 36.1 Å². The van der Waals surface area contributed by atoms with Crippen molar-refractivity contribution in [1.82, 2.24) is 10.2 Å². The van der Waals surface area contributed by atoms with Crippen LogP contribution in [-0.2, 0) is 0 Å². The Balaban J connectivity index is 2.01. The first-order valence-corrected chi connectivity index (χ1v) is 5.62. The van der Waals surface area contributed by atoms with Crippen molar-refractivity contribution in [3.05, 3.63) is 0 Å². The van der Waals surface area contributed by atoms with Crippen molar-refractivity contribution in [2.24, 2.45) is 10.9 Å². The molecule has 0 aromatic rings. The Kier molecular flexibility index (Phi) is 2.52. The van der Waals surface area contributed by atoms with Gasteiger partial charge in [0.1, 0.15) is 0 Å². The SMILES string of the molecule is CC(C)C1=NC[C@]2(CCCN(C)C2)N1. The zero-order valence-electron chi connectivity index (χ0n) is 9.51. The molecule has 2 aliphatic heterocycles. The van der Waals surface area contributed by atoms with Gasteiger partial charge in [-0.25, -0.2) is 0 Å². The molecule has 2 rings (SSSR count). The number of likely N-dealkylation sites (N-methyl/N-ethyl adjacent to an activating group) is 1. The lowest BCUT2D eigenvalue weighted by atomic mass is 9.90. The number of amidine groups is 1. The van der Waals surface area contributed by atoms with Crippen molar-refractivity contribution in [2.75, 3.05) is 26.7 Å². The molecule has 0 unspecified atom stereocenters. The third kappa shape index (κ3) is 1.78. The predicted octanol–water partition coefficient (Wildman–Crippen LogP) is 1.11. The highest BCUT2D eigenvalue weighted by atomic mass is 15.2. The van der Waals surface area contributed by atoms with Crippen LogP contribution in [-0.4, -0.2) is 43.0 Å². The lowest BCUT2D eigenvalue weighted by molar-refractivity contribution is 0.175. The molecule has 1 N–H and O–H groups in total. The van der Waals surface area contributed by atoms with E-state index in [4.69, 9.17) is 0 Å². The molecule has 0 saturated carbocycles. The van der Waals surface area contributed by atoms with Gasteiger partial charge in [-0.3, -0.25) is 4.99 Å². The van der Waals surface area contributed by atoms with Gasteiger partial charge in [0, 0.05) is 12.5 Å². The Morgan fingerprint density at radius 3 is 2.86 bits per heavy atom. The molecule has 0 bridgehead atoms. The molecule has 14 heavy (non-hydrogen) atoms. The summed E-state index contributed by atoms with van der Waals surface area (Å²) in [4.78, 5) is 7.04. The van der Waals surface area contributed by atoms with Gasteiger partial charge in [0.2, 0.25) is 0 Å². The molecule has 1 saturated heterocycles. The Morgan fingerprint density at radius 1 is 1.50 bits per heavy atom. The van der Waals surface area contributed by atoms with E-state index in [1.54, 1.807) is 0 Å². The summed E-state index contributed by atoms with van der Waals surface area (Å²) in [5.74, 6) is 1.75. The number of aliphatic imine (C=N–C) groups is 1. The Morgan fingerprint density at radius 2 is 2.29 bits per heavy atom. The molecule has 0 aliphatic carbocycles. The van der Waals surface area contributed by atoms with E-state index in [9.17, 15) is 0 Å². The number of rotatable bonds is 1. The lowest BCUT2D eigenvalue weighted by Gasteiger charge is -2.39. The third-order valence-corrected chi connectivity index (χ3v) is 3.26. The average molecular weight is 195 g/mol. The molecule has 3 heteroatoms. The number of piperidine rings is 1. The summed E-state index contributed by atoms with van der Waals surface area (Å²) in [6, 6.07) is 0. The highest BCUT2D eigenvalue weighted by Gasteiger charge is 2.38. The van der Waals surface area contributed by atoms with Gasteiger partial charge in [0.05, 0.1) is 17.9 Å². The Bertz CT molecular complexity index is 247. The van der Waals surface area contributed by atoms with E-state index >= 15 is 0 Å². The summed E-state index contributed by atoms with van der Waals surface area (Å²) in [6.45, 7) is 7.77. The number of hydrogen-bond acceptors (Lipinski definition) is 3. The Hall–Kier alpha value is -0.570. The van der Waals surface area contributed by atoms with Crippen molar-refractivity contribution < 1.29 is 0 Å². The van der Waals surface area contributed by atoms with Gasteiger partial charge in [0.25, 0.3) is 0 Å². The second-order valence-electron chi connectivity index (χ2n) is 5.10. The summed E-state index contributed by atoms with van der Waals surface area (Å²) in [7, 11) is 2.20. The molecule has 0 aromatic heterocycles. The van der Waals surface area contributed by atoms with Gasteiger partial charge >= 0.3 is 0 Å². The van der Waals surface area contributed by atoms with Crippen LogP contribution in [0.1, 0.15) is 26.7 Å². The normalized spacial score (nSPS) is 33.6. The minimum Gasteiger partial charge on any atom is -0.365 e. The standard InChI is InChI=1S/C11H21N3/c1-9(2)10-12-7-11(13-10)5-4-6-14(3)8-11/h9H,4-8H2,1-3H3,(H,12,13)/t11-/m0/s1. The van der Waals surface area contributed by atoms with Gasteiger partial charge in [0.15, 0.2) is 0 Å². The molecule has 2 heterocycles. The highest BCUT2D eigenvalue weighted by molar-refractivity contribution is 5.86. The van der Waals surface area contributed by atoms with Crippen molar-refractivity contribution in [2.45, 2.75) is 32.2 Å². The molecular weight excluding hydrogens is 174 g/mol. The monoisotopic (exact) mass is 195 g/mol. The fourth-order valence-corrected chi connectivity index (χ4v) is 2.51. The maximum absolute atomic E-state index is 4.63. The average Bonchev–Trinajstić information content (AvgIpc) is 2.49. The molecule has 0 aromatic carbocycles. The van der Waals surface area contributed by atoms with Gasteiger partial charge in [-0.2, -0.15) is 0 Å². The van der Waals surface area contributed by atoms with Crippen LogP contribution in [0.3, 0.4) is 0 Å². The number of hydrogen-bond donors (Lipinski definition) is 1. The minimum absolute atomic E-state index is 0.270. The summed E-state index contributed by atoms with van der Waals surface area (Å²) in [5.41, 5.74) is 0.270. The van der Waals surface area contributed by atoms with Crippen LogP contribution in [0.5, 0.6) is 0 Å².